The van der Waals surface area contributed by atoms with E-state index < -0.39 is 6.03 Å². The Balaban J connectivity index is 1.80. The second kappa shape index (κ2) is 6.36. The van der Waals surface area contributed by atoms with Crippen LogP contribution in [0.2, 0.25) is 10.0 Å². The van der Waals surface area contributed by atoms with Gasteiger partial charge in [0.25, 0.3) is 0 Å². The zero-order chi connectivity index (χ0) is 16.4. The Hall–Kier alpha value is -2.44. The molecule has 1 N–H and O–H groups in total. The molecule has 0 aromatic heterocycles. The molecule has 2 aromatic carbocycles. The molecule has 0 saturated heterocycles. The van der Waals surface area contributed by atoms with Gasteiger partial charge in [-0.3, -0.25) is 4.79 Å². The number of halogens is 2. The number of benzene rings is 2. The quantitative estimate of drug-likeness (QED) is 0.850. The molecule has 1 heterocycles. The second-order valence-corrected chi connectivity index (χ2v) is 5.39. The van der Waals surface area contributed by atoms with Crippen LogP contribution in [0.5, 0.6) is 11.5 Å². The lowest BCUT2D eigenvalue weighted by molar-refractivity contribution is -0.106. The van der Waals surface area contributed by atoms with Crippen LogP contribution in [-0.4, -0.2) is 19.2 Å². The summed E-state index contributed by atoms with van der Waals surface area (Å²) in [5.74, 6) is 1.12. The number of anilines is 2. The molecule has 23 heavy (non-hydrogen) atoms. The summed E-state index contributed by atoms with van der Waals surface area (Å²) in [6.45, 7) is 0.135. The van der Waals surface area contributed by atoms with E-state index in [-0.39, 0.29) is 11.8 Å². The molecule has 0 unspecified atom stereocenters. The molecule has 6 nitrogen and oxygen atoms in total. The molecule has 0 aliphatic carbocycles. The number of ether oxygens (including phenoxy) is 2. The number of amides is 3. The number of nitrogens with one attached hydrogen (secondary N) is 1. The lowest BCUT2D eigenvalue weighted by Crippen LogP contribution is -2.33. The van der Waals surface area contributed by atoms with Crippen LogP contribution in [0.3, 0.4) is 0 Å². The van der Waals surface area contributed by atoms with Crippen molar-refractivity contribution < 1.29 is 19.1 Å². The van der Waals surface area contributed by atoms with E-state index in [1.807, 2.05) is 0 Å². The molecule has 118 valence electrons. The summed E-state index contributed by atoms with van der Waals surface area (Å²) in [5, 5.41) is 3.17. The highest BCUT2D eigenvalue weighted by molar-refractivity contribution is 6.42. The fourth-order valence-electron chi connectivity index (χ4n) is 2.02. The summed E-state index contributed by atoms with van der Waals surface area (Å²) in [5.41, 5.74) is 0.763. The average molecular weight is 353 g/mol. The second-order valence-electron chi connectivity index (χ2n) is 4.57. The maximum absolute atomic E-state index is 12.3. The zero-order valence-corrected chi connectivity index (χ0v) is 13.1. The number of imide groups is 1. The minimum Gasteiger partial charge on any atom is -0.454 e. The van der Waals surface area contributed by atoms with Gasteiger partial charge < -0.3 is 14.8 Å². The number of urea groups is 1. The minimum atomic E-state index is -0.641. The van der Waals surface area contributed by atoms with Gasteiger partial charge in [0, 0.05) is 11.8 Å². The third-order valence-corrected chi connectivity index (χ3v) is 3.87. The van der Waals surface area contributed by atoms with Crippen LogP contribution in [0.1, 0.15) is 0 Å². The lowest BCUT2D eigenvalue weighted by Gasteiger charge is -2.17. The number of hydrogen-bond acceptors (Lipinski definition) is 4. The van der Waals surface area contributed by atoms with Gasteiger partial charge in [0.15, 0.2) is 11.5 Å². The van der Waals surface area contributed by atoms with Crippen LogP contribution in [0.4, 0.5) is 16.2 Å². The Labute approximate surface area is 141 Å². The van der Waals surface area contributed by atoms with Crippen molar-refractivity contribution in [3.63, 3.8) is 0 Å². The van der Waals surface area contributed by atoms with E-state index in [2.05, 4.69) is 5.32 Å². The van der Waals surface area contributed by atoms with Gasteiger partial charge in [0.2, 0.25) is 13.2 Å². The van der Waals surface area contributed by atoms with Gasteiger partial charge in [-0.2, -0.15) is 0 Å². The molecule has 0 spiro atoms. The molecular formula is C15H10Cl2N2O4. The summed E-state index contributed by atoms with van der Waals surface area (Å²) in [4.78, 5) is 24.4. The first-order valence-electron chi connectivity index (χ1n) is 6.48. The van der Waals surface area contributed by atoms with Crippen molar-refractivity contribution in [3.8, 4) is 11.5 Å². The predicted molar refractivity (Wildman–Crippen MR) is 86.6 cm³/mol. The molecule has 0 atom stereocenters. The first kappa shape index (κ1) is 15.5. The predicted octanol–water partition coefficient (Wildman–Crippen LogP) is 3.92. The Morgan fingerprint density at radius 1 is 1.09 bits per heavy atom. The van der Waals surface area contributed by atoms with Crippen molar-refractivity contribution in [2.75, 3.05) is 17.0 Å². The molecular weight excluding hydrogens is 343 g/mol. The molecule has 0 bridgehead atoms. The minimum absolute atomic E-state index is 0.135. The normalized spacial score (nSPS) is 11.9. The van der Waals surface area contributed by atoms with E-state index >= 15 is 0 Å². The number of nitrogens with zero attached hydrogens (tertiary/aromatic N) is 1. The molecule has 0 radical (unpaired) electrons. The largest absolute Gasteiger partial charge is 0.454 e. The van der Waals surface area contributed by atoms with Crippen molar-refractivity contribution in [3.05, 3.63) is 46.4 Å². The molecule has 2 aromatic rings. The lowest BCUT2D eigenvalue weighted by atomic mass is 10.2. The summed E-state index contributed by atoms with van der Waals surface area (Å²) in [7, 11) is 0. The summed E-state index contributed by atoms with van der Waals surface area (Å²) in [6, 6.07) is 8.73. The van der Waals surface area contributed by atoms with E-state index in [9.17, 15) is 9.59 Å². The van der Waals surface area contributed by atoms with E-state index in [1.54, 1.807) is 18.2 Å². The third kappa shape index (κ3) is 3.18. The SMILES string of the molecule is O=CN(C(=O)Nc1ccc2c(c1)OCO2)c1ccc(Cl)c(Cl)c1. The van der Waals surface area contributed by atoms with Gasteiger partial charge in [-0.05, 0) is 30.3 Å². The highest BCUT2D eigenvalue weighted by Gasteiger charge is 2.18. The van der Waals surface area contributed by atoms with Crippen LogP contribution < -0.4 is 19.7 Å². The Bertz CT molecular complexity index is 782. The number of rotatable bonds is 3. The van der Waals surface area contributed by atoms with Gasteiger partial charge in [0.1, 0.15) is 0 Å². The van der Waals surface area contributed by atoms with E-state index in [4.69, 9.17) is 32.7 Å². The zero-order valence-electron chi connectivity index (χ0n) is 11.6. The third-order valence-electron chi connectivity index (χ3n) is 3.13. The summed E-state index contributed by atoms with van der Waals surface area (Å²) in [6.07, 6.45) is 0.391. The highest BCUT2D eigenvalue weighted by atomic mass is 35.5. The van der Waals surface area contributed by atoms with Crippen LogP contribution in [0.15, 0.2) is 36.4 Å². The van der Waals surface area contributed by atoms with Crippen LogP contribution in [0.25, 0.3) is 0 Å². The highest BCUT2D eigenvalue weighted by Crippen LogP contribution is 2.34. The fraction of sp³-hybridized carbons (Fsp3) is 0.0667. The molecule has 0 saturated carbocycles. The monoisotopic (exact) mass is 352 g/mol. The smallest absolute Gasteiger partial charge is 0.332 e. The van der Waals surface area contributed by atoms with E-state index in [0.29, 0.717) is 34.3 Å². The first-order valence-corrected chi connectivity index (χ1v) is 7.24. The van der Waals surface area contributed by atoms with E-state index in [1.165, 1.54) is 18.2 Å². The standard InChI is InChI=1S/C15H10Cl2N2O4/c16-11-3-2-10(6-12(11)17)19(7-20)15(21)18-9-1-4-13-14(5-9)23-8-22-13/h1-7H,8H2,(H,18,21). The first-order chi connectivity index (χ1) is 11.1. The molecule has 1 aliphatic heterocycles. The maximum atomic E-state index is 12.3. The molecule has 0 fully saturated rings. The molecule has 3 rings (SSSR count). The summed E-state index contributed by atoms with van der Waals surface area (Å²) < 4.78 is 10.4. The fourth-order valence-corrected chi connectivity index (χ4v) is 2.31. The topological polar surface area (TPSA) is 67.9 Å². The summed E-state index contributed by atoms with van der Waals surface area (Å²) >= 11 is 11.7. The van der Waals surface area contributed by atoms with Crippen molar-refractivity contribution in [2.24, 2.45) is 0 Å². The van der Waals surface area contributed by atoms with Crippen molar-refractivity contribution in [1.82, 2.24) is 0 Å². The molecule has 3 amide bonds. The van der Waals surface area contributed by atoms with Crippen molar-refractivity contribution in [2.45, 2.75) is 0 Å². The van der Waals surface area contributed by atoms with Crippen LogP contribution >= 0.6 is 23.2 Å². The molecule has 8 heteroatoms. The van der Waals surface area contributed by atoms with Crippen molar-refractivity contribution >= 4 is 47.0 Å². The van der Waals surface area contributed by atoms with Crippen molar-refractivity contribution in [1.29, 1.82) is 0 Å². The Morgan fingerprint density at radius 2 is 1.87 bits per heavy atom. The van der Waals surface area contributed by atoms with Gasteiger partial charge >= 0.3 is 6.03 Å². The van der Waals surface area contributed by atoms with Gasteiger partial charge in [-0.15, -0.1) is 0 Å². The van der Waals surface area contributed by atoms with Gasteiger partial charge in [-0.1, -0.05) is 23.2 Å². The molecule has 1 aliphatic rings. The van der Waals surface area contributed by atoms with Crippen LogP contribution in [-0.2, 0) is 4.79 Å². The van der Waals surface area contributed by atoms with Gasteiger partial charge in [0.05, 0.1) is 15.7 Å². The number of hydrogen-bond donors (Lipinski definition) is 1. The average Bonchev–Trinajstić information content (AvgIpc) is 2.99. The Kier molecular flexibility index (Phi) is 4.27. The number of carbonyl (C=O) groups is 2. The number of fused-ring (bicyclic) bond motifs is 1. The Morgan fingerprint density at radius 3 is 2.61 bits per heavy atom. The van der Waals surface area contributed by atoms with Crippen LogP contribution in [0, 0.1) is 0 Å². The van der Waals surface area contributed by atoms with E-state index in [0.717, 1.165) is 4.90 Å². The van der Waals surface area contributed by atoms with Gasteiger partial charge in [-0.25, -0.2) is 9.69 Å². The maximum Gasteiger partial charge on any atom is 0.332 e. The number of carbonyl (C=O) groups excluding carboxylic acids is 2.